The lowest BCUT2D eigenvalue weighted by Gasteiger charge is -2.33. The Bertz CT molecular complexity index is 1310. The number of nitrogens with zero attached hydrogens (tertiary/aromatic N) is 1. The summed E-state index contributed by atoms with van der Waals surface area (Å²) in [7, 11) is -3.92. The molecule has 1 aliphatic rings. The van der Waals surface area contributed by atoms with Gasteiger partial charge in [0, 0.05) is 24.7 Å². The maximum atomic E-state index is 14.4. The molecule has 0 unspecified atom stereocenters. The third-order valence-electron chi connectivity index (χ3n) is 6.89. The Morgan fingerprint density at radius 2 is 1.62 bits per heavy atom. The van der Waals surface area contributed by atoms with E-state index in [1.165, 1.54) is 16.4 Å². The Balaban J connectivity index is 1.40. The average Bonchev–Trinajstić information content (AvgIpc) is 2.88. The van der Waals surface area contributed by atoms with Crippen molar-refractivity contribution < 1.29 is 22.0 Å². The predicted octanol–water partition coefficient (Wildman–Crippen LogP) is 5.38. The van der Waals surface area contributed by atoms with E-state index in [-0.39, 0.29) is 41.4 Å². The summed E-state index contributed by atoms with van der Waals surface area (Å²) in [6, 6.07) is 19.0. The number of halogens is 2. The highest BCUT2D eigenvalue weighted by molar-refractivity contribution is 7.89. The largest absolute Gasteiger partial charge is 0.353 e. The van der Waals surface area contributed by atoms with Crippen LogP contribution in [0.3, 0.4) is 0 Å². The van der Waals surface area contributed by atoms with Crippen LogP contribution >= 0.6 is 0 Å². The summed E-state index contributed by atoms with van der Waals surface area (Å²) in [5, 5.41) is 3.10. The van der Waals surface area contributed by atoms with Crippen LogP contribution in [0, 0.1) is 24.5 Å². The summed E-state index contributed by atoms with van der Waals surface area (Å²) in [6.45, 7) is 1.94. The maximum Gasteiger partial charge on any atom is 0.243 e. The molecule has 1 amide bonds. The number of hydrogen-bond acceptors (Lipinski definition) is 3. The van der Waals surface area contributed by atoms with Crippen LogP contribution in [0.5, 0.6) is 0 Å². The topological polar surface area (TPSA) is 66.5 Å². The zero-order valence-corrected chi connectivity index (χ0v) is 21.7. The summed E-state index contributed by atoms with van der Waals surface area (Å²) >= 11 is 0. The van der Waals surface area contributed by atoms with Crippen molar-refractivity contribution >= 4 is 15.9 Å². The van der Waals surface area contributed by atoms with Crippen LogP contribution in [0.1, 0.15) is 42.4 Å². The lowest BCUT2D eigenvalue weighted by molar-refractivity contribution is -0.121. The van der Waals surface area contributed by atoms with Crippen molar-refractivity contribution in [1.29, 1.82) is 0 Å². The molecule has 5 nitrogen and oxygen atoms in total. The number of carbonyl (C=O) groups is 1. The molecule has 196 valence electrons. The molecule has 0 radical (unpaired) electrons. The fraction of sp³-hybridized carbons (Fsp3) is 0.345. The number of amides is 1. The Kier molecular flexibility index (Phi) is 8.71. The first-order chi connectivity index (χ1) is 17.7. The summed E-state index contributed by atoms with van der Waals surface area (Å²) in [5.41, 5.74) is 2.10. The molecule has 8 heteroatoms. The molecule has 0 aromatic heterocycles. The van der Waals surface area contributed by atoms with Crippen LogP contribution in [0.25, 0.3) is 0 Å². The molecule has 3 aromatic rings. The van der Waals surface area contributed by atoms with Crippen LogP contribution in [0.2, 0.25) is 0 Å². The minimum Gasteiger partial charge on any atom is -0.353 e. The smallest absolute Gasteiger partial charge is 0.243 e. The van der Waals surface area contributed by atoms with E-state index in [0.29, 0.717) is 6.42 Å². The maximum absolute atomic E-state index is 14.4. The quantitative estimate of drug-likeness (QED) is 0.407. The first kappa shape index (κ1) is 26.9. The zero-order chi connectivity index (χ0) is 26.4. The minimum atomic E-state index is -3.92. The molecule has 1 N–H and O–H groups in total. The molecular weight excluding hydrogens is 494 g/mol. The van der Waals surface area contributed by atoms with Crippen LogP contribution < -0.4 is 5.32 Å². The van der Waals surface area contributed by atoms with Crippen molar-refractivity contribution in [3.8, 4) is 0 Å². The summed E-state index contributed by atoms with van der Waals surface area (Å²) in [4.78, 5) is 12.6. The van der Waals surface area contributed by atoms with Gasteiger partial charge in [0.05, 0.1) is 11.3 Å². The highest BCUT2D eigenvalue weighted by atomic mass is 32.2. The monoisotopic (exact) mass is 526 g/mol. The van der Waals surface area contributed by atoms with Crippen molar-refractivity contribution in [3.63, 3.8) is 0 Å². The van der Waals surface area contributed by atoms with Gasteiger partial charge in [-0.05, 0) is 74.4 Å². The first-order valence-electron chi connectivity index (χ1n) is 12.5. The van der Waals surface area contributed by atoms with Gasteiger partial charge in [-0.25, -0.2) is 17.2 Å². The Morgan fingerprint density at radius 1 is 0.946 bits per heavy atom. The number of sulfonamides is 1. The van der Waals surface area contributed by atoms with Gasteiger partial charge in [-0.2, -0.15) is 4.31 Å². The fourth-order valence-corrected chi connectivity index (χ4v) is 6.31. The molecular formula is C29H32F2N2O3S. The normalized spacial score (nSPS) is 18.1. The minimum absolute atomic E-state index is 0.00318. The molecule has 0 bridgehead atoms. The van der Waals surface area contributed by atoms with Crippen molar-refractivity contribution in [2.75, 3.05) is 6.54 Å². The van der Waals surface area contributed by atoms with Crippen molar-refractivity contribution in [3.05, 3.63) is 101 Å². The second-order valence-electron chi connectivity index (χ2n) is 9.79. The van der Waals surface area contributed by atoms with Gasteiger partial charge in [0.25, 0.3) is 0 Å². The second-order valence-corrected chi connectivity index (χ2v) is 11.7. The highest BCUT2D eigenvalue weighted by Gasteiger charge is 2.31. The van der Waals surface area contributed by atoms with Gasteiger partial charge in [-0.3, -0.25) is 4.79 Å². The number of nitrogens with one attached hydrogen (secondary N) is 1. The summed E-state index contributed by atoms with van der Waals surface area (Å²) < 4.78 is 56.4. The molecule has 0 spiro atoms. The van der Waals surface area contributed by atoms with E-state index in [4.69, 9.17) is 0 Å². The molecule has 1 fully saturated rings. The van der Waals surface area contributed by atoms with E-state index >= 15 is 0 Å². The number of rotatable bonds is 9. The van der Waals surface area contributed by atoms with E-state index in [9.17, 15) is 22.0 Å². The molecule has 3 aromatic carbocycles. The van der Waals surface area contributed by atoms with E-state index in [2.05, 4.69) is 5.32 Å². The Labute approximate surface area is 217 Å². The van der Waals surface area contributed by atoms with Gasteiger partial charge in [0.15, 0.2) is 0 Å². The molecule has 37 heavy (non-hydrogen) atoms. The van der Waals surface area contributed by atoms with E-state index in [1.807, 2.05) is 31.2 Å². The number of benzene rings is 3. The number of hydrogen-bond donors (Lipinski definition) is 1. The summed E-state index contributed by atoms with van der Waals surface area (Å²) in [6.07, 6.45) is 3.24. The third-order valence-corrected chi connectivity index (χ3v) is 8.72. The predicted molar refractivity (Wildman–Crippen MR) is 139 cm³/mol. The standard InChI is InChI=1S/C29H32F2N2O3S/c1-21-7-9-22(10-8-21)17-29(34)32-26-14-11-23(12-15-26)19-33(20-24-18-25(30)13-16-28(24)31)37(35,36)27-5-3-2-4-6-27/h2-10,13,16,18,23,26H,11-12,14-15,17,19-20H2,1H3,(H,32,34). The second kappa shape index (κ2) is 12.0. The van der Waals surface area contributed by atoms with Crippen LogP contribution in [-0.2, 0) is 27.8 Å². The number of carbonyl (C=O) groups excluding carboxylic acids is 1. The van der Waals surface area contributed by atoms with Gasteiger partial charge in [0.2, 0.25) is 15.9 Å². The van der Waals surface area contributed by atoms with Gasteiger partial charge >= 0.3 is 0 Å². The van der Waals surface area contributed by atoms with Gasteiger partial charge < -0.3 is 5.32 Å². The lowest BCUT2D eigenvalue weighted by Crippen LogP contribution is -2.41. The Hall–Kier alpha value is -3.10. The highest BCUT2D eigenvalue weighted by Crippen LogP contribution is 2.29. The van der Waals surface area contributed by atoms with Crippen molar-refractivity contribution in [2.45, 2.75) is 56.5 Å². The van der Waals surface area contributed by atoms with Crippen LogP contribution in [-0.4, -0.2) is 31.2 Å². The third kappa shape index (κ3) is 7.23. The number of aryl methyl sites for hydroxylation is 1. The van der Waals surface area contributed by atoms with Gasteiger partial charge in [-0.15, -0.1) is 0 Å². The average molecular weight is 527 g/mol. The van der Waals surface area contributed by atoms with Gasteiger partial charge in [-0.1, -0.05) is 48.0 Å². The van der Waals surface area contributed by atoms with Crippen molar-refractivity contribution in [2.24, 2.45) is 5.92 Å². The first-order valence-corrected chi connectivity index (χ1v) is 14.0. The summed E-state index contributed by atoms with van der Waals surface area (Å²) in [5.74, 6) is -1.24. The molecule has 0 saturated heterocycles. The van der Waals surface area contributed by atoms with Gasteiger partial charge in [0.1, 0.15) is 11.6 Å². The molecule has 1 aliphatic carbocycles. The van der Waals surface area contributed by atoms with Crippen LogP contribution in [0.15, 0.2) is 77.7 Å². The fourth-order valence-electron chi connectivity index (χ4n) is 4.79. The molecule has 1 saturated carbocycles. The Morgan fingerprint density at radius 3 is 2.30 bits per heavy atom. The molecule has 4 rings (SSSR count). The van der Waals surface area contributed by atoms with Crippen LogP contribution in [0.4, 0.5) is 8.78 Å². The van der Waals surface area contributed by atoms with Crippen molar-refractivity contribution in [1.82, 2.24) is 9.62 Å². The molecule has 0 atom stereocenters. The van der Waals surface area contributed by atoms with E-state index in [1.54, 1.807) is 18.2 Å². The van der Waals surface area contributed by atoms with E-state index in [0.717, 1.165) is 55.0 Å². The molecule has 0 heterocycles. The SMILES string of the molecule is Cc1ccc(CC(=O)NC2CCC(CN(Cc3cc(F)ccc3F)S(=O)(=O)c3ccccc3)CC2)cc1. The van der Waals surface area contributed by atoms with E-state index < -0.39 is 21.7 Å². The molecule has 0 aliphatic heterocycles. The lowest BCUT2D eigenvalue weighted by atomic mass is 9.86. The zero-order valence-electron chi connectivity index (χ0n) is 20.9.